The fourth-order valence-electron chi connectivity index (χ4n) is 3.89. The first kappa shape index (κ1) is 21.4. The Balaban J connectivity index is 1.70. The van der Waals surface area contributed by atoms with Gasteiger partial charge in [0.05, 0.1) is 24.5 Å². The van der Waals surface area contributed by atoms with Crippen LogP contribution >= 0.6 is 0 Å². The van der Waals surface area contributed by atoms with Crippen LogP contribution in [0.5, 0.6) is 0 Å². The number of primary amides is 1. The van der Waals surface area contributed by atoms with Crippen molar-refractivity contribution in [3.05, 3.63) is 46.8 Å². The van der Waals surface area contributed by atoms with E-state index in [0.29, 0.717) is 42.9 Å². The quantitative estimate of drug-likeness (QED) is 0.491. The molecule has 1 fully saturated rings. The average molecular weight is 442 g/mol. The van der Waals surface area contributed by atoms with Gasteiger partial charge in [0.1, 0.15) is 6.26 Å². The topological polar surface area (TPSA) is 128 Å². The molecule has 162 valence electrons. The molecule has 10 heteroatoms. The summed E-state index contributed by atoms with van der Waals surface area (Å²) in [5, 5.41) is 14.9. The van der Waals surface area contributed by atoms with Gasteiger partial charge >= 0.3 is 0 Å². The van der Waals surface area contributed by atoms with Crippen molar-refractivity contribution in [2.45, 2.75) is 25.0 Å². The smallest absolute Gasteiger partial charge is 0.269 e. The molecule has 2 atom stereocenters. The summed E-state index contributed by atoms with van der Waals surface area (Å²) in [5.74, 6) is 4.56. The summed E-state index contributed by atoms with van der Waals surface area (Å²) in [7, 11) is 1.63. The predicted octanol–water partition coefficient (Wildman–Crippen LogP) is -0.432. The molecule has 3 N–H and O–H groups in total. The summed E-state index contributed by atoms with van der Waals surface area (Å²) >= 11 is -1.16. The van der Waals surface area contributed by atoms with Gasteiger partial charge in [0.2, 0.25) is 5.60 Å². The molecule has 2 amide bonds. The van der Waals surface area contributed by atoms with E-state index in [9.17, 15) is 19.2 Å². The molecule has 2 aromatic rings. The minimum Gasteiger partial charge on any atom is -0.598 e. The van der Waals surface area contributed by atoms with Crippen molar-refractivity contribution in [1.29, 1.82) is 0 Å². The molecule has 4 rings (SSSR count). The zero-order valence-electron chi connectivity index (χ0n) is 17.3. The van der Waals surface area contributed by atoms with Crippen LogP contribution in [-0.4, -0.2) is 72.5 Å². The fourth-order valence-corrected chi connectivity index (χ4v) is 4.55. The lowest BCUT2D eigenvalue weighted by Gasteiger charge is -2.26. The van der Waals surface area contributed by atoms with Crippen LogP contribution in [0.4, 0.5) is 0 Å². The van der Waals surface area contributed by atoms with Crippen molar-refractivity contribution in [2.75, 3.05) is 26.4 Å². The van der Waals surface area contributed by atoms with Gasteiger partial charge in [-0.2, -0.15) is 5.10 Å². The van der Waals surface area contributed by atoms with Gasteiger partial charge in [0.25, 0.3) is 11.8 Å². The van der Waals surface area contributed by atoms with Gasteiger partial charge < -0.3 is 20.3 Å². The number of benzene rings is 1. The molecule has 2 aliphatic rings. The summed E-state index contributed by atoms with van der Waals surface area (Å²) in [6, 6.07) is 7.18. The number of fused-ring (bicyclic) bond motifs is 1. The molecule has 1 aromatic heterocycles. The van der Waals surface area contributed by atoms with E-state index in [1.54, 1.807) is 40.5 Å². The zero-order valence-corrected chi connectivity index (χ0v) is 18.1. The minimum absolute atomic E-state index is 0.163. The first-order chi connectivity index (χ1) is 14.7. The molecule has 31 heavy (non-hydrogen) atoms. The van der Waals surface area contributed by atoms with E-state index in [-0.39, 0.29) is 12.1 Å². The maximum atomic E-state index is 12.1. The zero-order chi connectivity index (χ0) is 22.3. The van der Waals surface area contributed by atoms with Gasteiger partial charge in [-0.3, -0.25) is 9.59 Å². The number of nitrogens with two attached hydrogens (primary N) is 1. The number of aliphatic hydroxyl groups is 1. The second-order valence-electron chi connectivity index (χ2n) is 7.72. The Kier molecular flexibility index (Phi) is 5.53. The molecule has 0 bridgehead atoms. The number of carbonyl (C=O) groups excluding carboxylic acids is 2. The highest BCUT2D eigenvalue weighted by Crippen LogP contribution is 2.27. The largest absolute Gasteiger partial charge is 0.598 e. The monoisotopic (exact) mass is 441 g/mol. The number of hydrogen-bond donors (Lipinski definition) is 2. The number of likely N-dealkylation sites (N-methyl/N-ethyl adjacent to an activating group) is 1. The minimum atomic E-state index is -1.67. The second kappa shape index (κ2) is 8.01. The van der Waals surface area contributed by atoms with E-state index < -0.39 is 28.8 Å². The van der Waals surface area contributed by atoms with Crippen LogP contribution in [-0.2, 0) is 29.1 Å². The first-order valence-electron chi connectivity index (χ1n) is 9.80. The molecule has 0 saturated carbocycles. The Morgan fingerprint density at radius 3 is 2.81 bits per heavy atom. The third kappa shape index (κ3) is 3.93. The number of nitrogens with zero attached hydrogens (tertiary/aromatic N) is 4. The van der Waals surface area contributed by atoms with Gasteiger partial charge in [0.15, 0.2) is 5.69 Å². The van der Waals surface area contributed by atoms with Crippen LogP contribution in [0, 0.1) is 11.8 Å². The van der Waals surface area contributed by atoms with Crippen molar-refractivity contribution in [2.24, 2.45) is 5.73 Å². The van der Waals surface area contributed by atoms with Crippen molar-refractivity contribution < 1.29 is 19.2 Å². The van der Waals surface area contributed by atoms with Crippen molar-refractivity contribution >= 4 is 23.2 Å². The van der Waals surface area contributed by atoms with E-state index >= 15 is 0 Å². The van der Waals surface area contributed by atoms with Crippen LogP contribution in [0.15, 0.2) is 24.3 Å². The summed E-state index contributed by atoms with van der Waals surface area (Å²) in [6.45, 7) is 1.36. The van der Waals surface area contributed by atoms with Crippen LogP contribution < -0.4 is 5.73 Å². The maximum Gasteiger partial charge on any atom is 0.269 e. The summed E-state index contributed by atoms with van der Waals surface area (Å²) in [4.78, 5) is 25.6. The van der Waals surface area contributed by atoms with Crippen molar-refractivity contribution in [3.63, 3.8) is 0 Å². The highest BCUT2D eigenvalue weighted by molar-refractivity contribution is 7.88. The molecule has 9 nitrogen and oxygen atoms in total. The molecule has 0 unspecified atom stereocenters. The lowest BCUT2D eigenvalue weighted by Crippen LogP contribution is -2.37. The number of aromatic nitrogens is 2. The second-order valence-corrected chi connectivity index (χ2v) is 9.09. The number of carbonyl (C=O) groups is 2. The Hall–Kier alpha value is -2.84. The van der Waals surface area contributed by atoms with Gasteiger partial charge in [-0.05, 0) is 18.2 Å². The highest BCUT2D eigenvalue weighted by atomic mass is 32.2. The normalized spacial score (nSPS) is 22.1. The fraction of sp³-hybridized carbons (Fsp3) is 0.381. The molecule has 0 aliphatic carbocycles. The molecular formula is C21H23N5O4S. The SMILES string of the molecule is CN1CC[C@@](O)(C#Cc2cccc(-n3nc(C(N)=O)c4c3CCN([S@+](C)[O-])C4)c2)C1=O. The van der Waals surface area contributed by atoms with Crippen LogP contribution in [0.2, 0.25) is 0 Å². The van der Waals surface area contributed by atoms with Gasteiger partial charge in [-0.25, -0.2) is 4.68 Å². The Labute approximate surface area is 183 Å². The molecule has 0 spiro atoms. The highest BCUT2D eigenvalue weighted by Gasteiger charge is 2.42. The van der Waals surface area contributed by atoms with Gasteiger partial charge in [-0.15, -0.1) is 4.31 Å². The van der Waals surface area contributed by atoms with Crippen LogP contribution in [0.1, 0.15) is 33.7 Å². The van der Waals surface area contributed by atoms with Gasteiger partial charge in [0, 0.05) is 48.9 Å². The van der Waals surface area contributed by atoms with Crippen molar-refractivity contribution in [1.82, 2.24) is 19.0 Å². The summed E-state index contributed by atoms with van der Waals surface area (Å²) < 4.78 is 15.3. The summed E-state index contributed by atoms with van der Waals surface area (Å²) in [5.41, 5.74) is 6.84. The predicted molar refractivity (Wildman–Crippen MR) is 114 cm³/mol. The van der Waals surface area contributed by atoms with E-state index in [2.05, 4.69) is 16.9 Å². The standard InChI is InChI=1S/C21H23N5O4S/c1-24-11-9-21(29,20(24)28)8-6-14-4-3-5-15(12-14)26-17-7-10-25(31(2)30)13-16(17)18(23-26)19(22)27/h3-5,12,29H,7,9-11,13H2,1-2H3,(H2,22,27)/t21-,31-/m0/s1. The first-order valence-corrected chi connectivity index (χ1v) is 11.3. The van der Waals surface area contributed by atoms with Gasteiger partial charge in [-0.1, -0.05) is 17.9 Å². The average Bonchev–Trinajstić information content (AvgIpc) is 3.26. The Morgan fingerprint density at radius 2 is 2.16 bits per heavy atom. The van der Waals surface area contributed by atoms with Crippen LogP contribution in [0.25, 0.3) is 5.69 Å². The number of amides is 2. The summed E-state index contributed by atoms with van der Waals surface area (Å²) in [6.07, 6.45) is 2.42. The number of hydrogen-bond acceptors (Lipinski definition) is 6. The Bertz CT molecular complexity index is 1120. The molecule has 1 saturated heterocycles. The molecular weight excluding hydrogens is 418 g/mol. The van der Waals surface area contributed by atoms with E-state index in [1.807, 2.05) is 6.07 Å². The Morgan fingerprint density at radius 1 is 1.39 bits per heavy atom. The number of likely N-dealkylation sites (tertiary alicyclic amines) is 1. The van der Waals surface area contributed by atoms with E-state index in [0.717, 1.165) is 5.69 Å². The number of rotatable bonds is 3. The van der Waals surface area contributed by atoms with Crippen molar-refractivity contribution in [3.8, 4) is 17.5 Å². The van der Waals surface area contributed by atoms with E-state index in [4.69, 9.17) is 5.73 Å². The molecule has 3 heterocycles. The molecule has 0 radical (unpaired) electrons. The molecule has 2 aliphatic heterocycles. The van der Waals surface area contributed by atoms with E-state index in [1.165, 1.54) is 4.90 Å². The molecule has 1 aromatic carbocycles. The lowest BCUT2D eigenvalue weighted by molar-refractivity contribution is -0.137. The maximum absolute atomic E-state index is 12.1. The van der Waals surface area contributed by atoms with Crippen LogP contribution in [0.3, 0.4) is 0 Å². The third-order valence-electron chi connectivity index (χ3n) is 5.63. The third-order valence-corrected chi connectivity index (χ3v) is 6.67. The lowest BCUT2D eigenvalue weighted by atomic mass is 10.0.